The maximum Gasteiger partial charge on any atom is 0.123 e. The van der Waals surface area contributed by atoms with E-state index in [9.17, 15) is 4.39 Å². The minimum atomic E-state index is -0.326. The summed E-state index contributed by atoms with van der Waals surface area (Å²) in [7, 11) is 1.54. The van der Waals surface area contributed by atoms with Crippen molar-refractivity contribution in [3.63, 3.8) is 0 Å². The molecule has 0 aliphatic heterocycles. The molecule has 0 amide bonds. The molecule has 6 heteroatoms. The maximum absolute atomic E-state index is 13.3. The van der Waals surface area contributed by atoms with Crippen molar-refractivity contribution in [2.45, 2.75) is 4.83 Å². The molecule has 0 fully saturated rings. The van der Waals surface area contributed by atoms with Crippen LogP contribution in [-0.2, 0) is 0 Å². The third kappa shape index (κ3) is 2.82. The molecule has 1 heterocycles. The largest absolute Gasteiger partial charge is 0.496 e. The second-order valence-electron chi connectivity index (χ2n) is 3.53. The molecule has 0 aliphatic rings. The zero-order valence-corrected chi connectivity index (χ0v) is 13.1. The summed E-state index contributed by atoms with van der Waals surface area (Å²) in [5.74, 6) is 0.268. The van der Waals surface area contributed by atoms with Crippen molar-refractivity contribution in [1.82, 2.24) is 0 Å². The fourth-order valence-electron chi connectivity index (χ4n) is 1.60. The van der Waals surface area contributed by atoms with Gasteiger partial charge in [-0.05, 0) is 24.3 Å². The van der Waals surface area contributed by atoms with E-state index in [1.807, 2.05) is 0 Å². The third-order valence-corrected chi connectivity index (χ3v) is 4.93. The number of hydrogen-bond acceptors (Lipinski definition) is 2. The van der Waals surface area contributed by atoms with Crippen LogP contribution in [0.3, 0.4) is 0 Å². The van der Waals surface area contributed by atoms with Crippen molar-refractivity contribution in [2.75, 3.05) is 7.11 Å². The van der Waals surface area contributed by atoms with Gasteiger partial charge < -0.3 is 4.74 Å². The molecular formula is C12H8BrCl2FOS. The highest BCUT2D eigenvalue weighted by atomic mass is 79.9. The molecule has 0 bridgehead atoms. The molecule has 2 aromatic rings. The third-order valence-electron chi connectivity index (χ3n) is 2.42. The van der Waals surface area contributed by atoms with E-state index in [1.165, 1.54) is 23.5 Å². The molecule has 1 aromatic carbocycles. The Morgan fingerprint density at radius 3 is 2.56 bits per heavy atom. The molecule has 18 heavy (non-hydrogen) atoms. The van der Waals surface area contributed by atoms with E-state index in [4.69, 9.17) is 27.9 Å². The highest BCUT2D eigenvalue weighted by molar-refractivity contribution is 9.09. The summed E-state index contributed by atoms with van der Waals surface area (Å²) in [4.78, 5) is -0.264. The van der Waals surface area contributed by atoms with Crippen LogP contribution in [0.4, 0.5) is 4.39 Å². The van der Waals surface area contributed by atoms with Crippen molar-refractivity contribution in [1.29, 1.82) is 0 Å². The highest BCUT2D eigenvalue weighted by Gasteiger charge is 2.20. The van der Waals surface area contributed by atoms with Crippen LogP contribution in [0.2, 0.25) is 8.67 Å². The molecule has 2 rings (SSSR count). The average Bonchev–Trinajstić information content (AvgIpc) is 2.67. The summed E-state index contributed by atoms with van der Waals surface area (Å²) in [6.45, 7) is 0. The summed E-state index contributed by atoms with van der Waals surface area (Å²) >= 11 is 16.8. The smallest absolute Gasteiger partial charge is 0.123 e. The Hall–Kier alpha value is -0.290. The number of alkyl halides is 1. The van der Waals surface area contributed by atoms with Gasteiger partial charge in [0.05, 0.1) is 20.6 Å². The molecular weight excluding hydrogens is 362 g/mol. The predicted molar refractivity (Wildman–Crippen MR) is 78.1 cm³/mol. The SMILES string of the molecule is COc1ccc(F)cc1C(Br)c1cc(Cl)sc1Cl. The molecule has 0 saturated heterocycles. The van der Waals surface area contributed by atoms with E-state index in [0.29, 0.717) is 20.0 Å². The lowest BCUT2D eigenvalue weighted by Crippen LogP contribution is -1.97. The lowest BCUT2D eigenvalue weighted by molar-refractivity contribution is 0.409. The first-order chi connectivity index (χ1) is 8.52. The Balaban J connectivity index is 2.48. The molecule has 1 nitrogen and oxygen atoms in total. The van der Waals surface area contributed by atoms with Crippen LogP contribution in [-0.4, -0.2) is 7.11 Å². The van der Waals surface area contributed by atoms with Gasteiger partial charge in [0.2, 0.25) is 0 Å². The Morgan fingerprint density at radius 2 is 2.00 bits per heavy atom. The maximum atomic E-state index is 13.3. The number of methoxy groups -OCH3 is 1. The molecule has 0 radical (unpaired) electrons. The molecule has 1 atom stereocenters. The quantitative estimate of drug-likeness (QED) is 0.631. The fourth-order valence-corrected chi connectivity index (χ4v) is 4.13. The van der Waals surface area contributed by atoms with Gasteiger partial charge in [0.25, 0.3) is 0 Å². The minimum absolute atomic E-state index is 0.264. The molecule has 0 spiro atoms. The van der Waals surface area contributed by atoms with Crippen molar-refractivity contribution in [3.8, 4) is 5.75 Å². The lowest BCUT2D eigenvalue weighted by atomic mass is 10.1. The Morgan fingerprint density at radius 1 is 1.28 bits per heavy atom. The van der Waals surface area contributed by atoms with Crippen LogP contribution < -0.4 is 4.74 Å². The number of hydrogen-bond donors (Lipinski definition) is 0. The Kier molecular flexibility index (Phi) is 4.54. The fraction of sp³-hybridized carbons (Fsp3) is 0.167. The first-order valence-electron chi connectivity index (χ1n) is 4.95. The first kappa shape index (κ1) is 14.1. The van der Waals surface area contributed by atoms with E-state index in [1.54, 1.807) is 19.2 Å². The number of thiophene rings is 1. The average molecular weight is 370 g/mol. The summed E-state index contributed by atoms with van der Waals surface area (Å²) < 4.78 is 19.7. The number of benzene rings is 1. The van der Waals surface area contributed by atoms with Crippen LogP contribution in [0, 0.1) is 5.82 Å². The van der Waals surface area contributed by atoms with Crippen molar-refractivity contribution in [2.24, 2.45) is 0 Å². The van der Waals surface area contributed by atoms with E-state index >= 15 is 0 Å². The Bertz CT molecular complexity index is 573. The summed E-state index contributed by atoms with van der Waals surface area (Å²) in [6, 6.07) is 6.11. The van der Waals surface area contributed by atoms with Crippen LogP contribution in [0.25, 0.3) is 0 Å². The van der Waals surface area contributed by atoms with Crippen molar-refractivity contribution >= 4 is 50.5 Å². The zero-order valence-electron chi connectivity index (χ0n) is 9.22. The monoisotopic (exact) mass is 368 g/mol. The molecule has 0 saturated carbocycles. The van der Waals surface area contributed by atoms with Gasteiger partial charge in [0.1, 0.15) is 11.6 Å². The van der Waals surface area contributed by atoms with Crippen LogP contribution in [0.5, 0.6) is 5.75 Å². The van der Waals surface area contributed by atoms with Gasteiger partial charge in [0, 0.05) is 11.1 Å². The molecule has 0 N–H and O–H groups in total. The second-order valence-corrected chi connectivity index (χ2v) is 6.73. The molecule has 1 unspecified atom stereocenters. The topological polar surface area (TPSA) is 9.23 Å². The Labute approximate surface area is 127 Å². The second kappa shape index (κ2) is 5.78. The normalized spacial score (nSPS) is 12.5. The highest BCUT2D eigenvalue weighted by Crippen LogP contribution is 2.44. The van der Waals surface area contributed by atoms with E-state index in [2.05, 4.69) is 15.9 Å². The van der Waals surface area contributed by atoms with Gasteiger partial charge in [0.15, 0.2) is 0 Å². The standard InChI is InChI=1S/C12H8BrCl2FOS/c1-17-9-3-2-6(16)4-7(9)11(13)8-5-10(14)18-12(8)15/h2-5,11H,1H3. The van der Waals surface area contributed by atoms with Gasteiger partial charge in [-0.3, -0.25) is 0 Å². The van der Waals surface area contributed by atoms with E-state index in [0.717, 1.165) is 5.56 Å². The first-order valence-corrected chi connectivity index (χ1v) is 7.44. The predicted octanol–water partition coefficient (Wildman–Crippen LogP) is 5.69. The summed E-state index contributed by atoms with van der Waals surface area (Å²) in [6.07, 6.45) is 0. The lowest BCUT2D eigenvalue weighted by Gasteiger charge is -2.14. The van der Waals surface area contributed by atoms with E-state index in [-0.39, 0.29) is 10.6 Å². The van der Waals surface area contributed by atoms with Crippen LogP contribution in [0.15, 0.2) is 24.3 Å². The summed E-state index contributed by atoms with van der Waals surface area (Å²) in [5, 5.41) is 0. The minimum Gasteiger partial charge on any atom is -0.496 e. The van der Waals surface area contributed by atoms with E-state index < -0.39 is 0 Å². The van der Waals surface area contributed by atoms with Gasteiger partial charge in [-0.25, -0.2) is 4.39 Å². The number of ether oxygens (including phenoxy) is 1. The van der Waals surface area contributed by atoms with Gasteiger partial charge >= 0.3 is 0 Å². The number of halogens is 4. The van der Waals surface area contributed by atoms with Crippen LogP contribution >= 0.6 is 50.5 Å². The van der Waals surface area contributed by atoms with Crippen LogP contribution in [0.1, 0.15) is 16.0 Å². The van der Waals surface area contributed by atoms with Crippen molar-refractivity contribution in [3.05, 3.63) is 49.9 Å². The molecule has 1 aromatic heterocycles. The van der Waals surface area contributed by atoms with Crippen molar-refractivity contribution < 1.29 is 9.13 Å². The van der Waals surface area contributed by atoms with Gasteiger partial charge in [-0.1, -0.05) is 39.1 Å². The molecule has 0 aliphatic carbocycles. The van der Waals surface area contributed by atoms with Gasteiger partial charge in [-0.2, -0.15) is 0 Å². The zero-order chi connectivity index (χ0) is 13.3. The summed E-state index contributed by atoms with van der Waals surface area (Å²) in [5.41, 5.74) is 1.48. The molecule has 96 valence electrons. The number of rotatable bonds is 3. The van der Waals surface area contributed by atoms with Gasteiger partial charge in [-0.15, -0.1) is 11.3 Å².